The lowest BCUT2D eigenvalue weighted by molar-refractivity contribution is -0.139. The number of ether oxygens (including phenoxy) is 1. The fourth-order valence-electron chi connectivity index (χ4n) is 4.13. The van der Waals surface area contributed by atoms with Gasteiger partial charge in [-0.05, 0) is 43.5 Å². The Morgan fingerprint density at radius 1 is 0.939 bits per heavy atom. The first-order valence-electron chi connectivity index (χ1n) is 11.1. The standard InChI is InChI=1S/C28H27NO4/c1-3-33-23-15-13-21(14-16-23)25-24(26(30)22-11-9-19(2)10-12-22)27(31)28(32)29(25)18-17-20-7-5-4-6-8-20/h4-16,25,30H,3,17-18H2,1-2H3/b26-24+. The number of carbonyl (C=O) groups is 2. The van der Waals surface area contributed by atoms with Crippen molar-refractivity contribution in [3.8, 4) is 5.75 Å². The van der Waals surface area contributed by atoms with Crippen LogP contribution in [0.5, 0.6) is 5.75 Å². The quantitative estimate of drug-likeness (QED) is 0.316. The molecule has 1 saturated heterocycles. The van der Waals surface area contributed by atoms with Crippen LogP contribution in [0.1, 0.15) is 35.2 Å². The number of hydrogen-bond acceptors (Lipinski definition) is 4. The molecule has 3 aromatic carbocycles. The second kappa shape index (κ2) is 9.74. The number of aliphatic hydroxyl groups is 1. The van der Waals surface area contributed by atoms with Crippen molar-refractivity contribution in [1.29, 1.82) is 0 Å². The maximum Gasteiger partial charge on any atom is 0.295 e. The van der Waals surface area contributed by atoms with Crippen molar-refractivity contribution in [2.45, 2.75) is 26.3 Å². The Labute approximate surface area is 193 Å². The topological polar surface area (TPSA) is 66.8 Å². The number of hydrogen-bond donors (Lipinski definition) is 1. The second-order valence-electron chi connectivity index (χ2n) is 8.10. The van der Waals surface area contributed by atoms with Crippen molar-refractivity contribution in [3.63, 3.8) is 0 Å². The summed E-state index contributed by atoms with van der Waals surface area (Å²) >= 11 is 0. The van der Waals surface area contributed by atoms with Gasteiger partial charge in [-0.25, -0.2) is 0 Å². The van der Waals surface area contributed by atoms with Gasteiger partial charge < -0.3 is 14.7 Å². The molecule has 33 heavy (non-hydrogen) atoms. The van der Waals surface area contributed by atoms with Gasteiger partial charge in [0.2, 0.25) is 0 Å². The van der Waals surface area contributed by atoms with E-state index < -0.39 is 17.7 Å². The predicted molar refractivity (Wildman–Crippen MR) is 128 cm³/mol. The van der Waals surface area contributed by atoms with Crippen molar-refractivity contribution in [1.82, 2.24) is 4.90 Å². The lowest BCUT2D eigenvalue weighted by Gasteiger charge is -2.25. The SMILES string of the molecule is CCOc1ccc(C2/C(=C(\O)c3ccc(C)cc3)C(=O)C(=O)N2CCc2ccccc2)cc1. The molecule has 0 bridgehead atoms. The molecule has 1 atom stereocenters. The van der Waals surface area contributed by atoms with E-state index in [2.05, 4.69) is 0 Å². The van der Waals surface area contributed by atoms with Crippen LogP contribution in [-0.4, -0.2) is 34.8 Å². The summed E-state index contributed by atoms with van der Waals surface area (Å²) in [7, 11) is 0. The van der Waals surface area contributed by atoms with Gasteiger partial charge in [-0.15, -0.1) is 0 Å². The van der Waals surface area contributed by atoms with Crippen molar-refractivity contribution in [3.05, 3.63) is 107 Å². The van der Waals surface area contributed by atoms with E-state index in [0.29, 0.717) is 30.9 Å². The zero-order valence-electron chi connectivity index (χ0n) is 18.8. The Morgan fingerprint density at radius 3 is 2.24 bits per heavy atom. The number of likely N-dealkylation sites (tertiary alicyclic amines) is 1. The number of amides is 1. The molecule has 0 spiro atoms. The third kappa shape index (κ3) is 4.67. The number of rotatable bonds is 7. The Kier molecular flexibility index (Phi) is 6.59. The van der Waals surface area contributed by atoms with Gasteiger partial charge in [0.25, 0.3) is 11.7 Å². The van der Waals surface area contributed by atoms with E-state index in [4.69, 9.17) is 4.74 Å². The highest BCUT2D eigenvalue weighted by Crippen LogP contribution is 2.40. The summed E-state index contributed by atoms with van der Waals surface area (Å²) in [4.78, 5) is 27.8. The first-order chi connectivity index (χ1) is 16.0. The number of carbonyl (C=O) groups excluding carboxylic acids is 2. The van der Waals surface area contributed by atoms with Gasteiger partial charge in [0.15, 0.2) is 0 Å². The summed E-state index contributed by atoms with van der Waals surface area (Å²) in [5.41, 5.74) is 3.49. The van der Waals surface area contributed by atoms with Crippen molar-refractivity contribution < 1.29 is 19.4 Å². The van der Waals surface area contributed by atoms with Crippen LogP contribution < -0.4 is 4.74 Å². The zero-order chi connectivity index (χ0) is 23.4. The molecule has 1 aliphatic rings. The molecule has 0 radical (unpaired) electrons. The number of benzene rings is 3. The number of Topliss-reactive ketones (excluding diaryl/α,β-unsaturated/α-hetero) is 1. The molecular weight excluding hydrogens is 414 g/mol. The van der Waals surface area contributed by atoms with E-state index in [1.165, 1.54) is 0 Å². The minimum Gasteiger partial charge on any atom is -0.507 e. The van der Waals surface area contributed by atoms with Crippen molar-refractivity contribution in [2.24, 2.45) is 0 Å². The molecule has 5 heteroatoms. The Hall–Kier alpha value is -3.86. The van der Waals surface area contributed by atoms with Crippen LogP contribution >= 0.6 is 0 Å². The summed E-state index contributed by atoms with van der Waals surface area (Å²) in [6.07, 6.45) is 0.603. The minimum atomic E-state index is -0.675. The number of aryl methyl sites for hydroxylation is 1. The zero-order valence-corrected chi connectivity index (χ0v) is 18.8. The van der Waals surface area contributed by atoms with Gasteiger partial charge in [0, 0.05) is 12.1 Å². The lowest BCUT2D eigenvalue weighted by atomic mass is 9.95. The van der Waals surface area contributed by atoms with Gasteiger partial charge in [0.05, 0.1) is 18.2 Å². The third-order valence-electron chi connectivity index (χ3n) is 5.86. The Morgan fingerprint density at radius 2 is 1.61 bits per heavy atom. The monoisotopic (exact) mass is 441 g/mol. The average molecular weight is 442 g/mol. The van der Waals surface area contributed by atoms with Gasteiger partial charge in [0.1, 0.15) is 11.5 Å². The Balaban J connectivity index is 1.76. The van der Waals surface area contributed by atoms with E-state index in [1.807, 2.05) is 80.6 Å². The molecule has 1 aliphatic heterocycles. The number of ketones is 1. The van der Waals surface area contributed by atoms with Crippen LogP contribution in [-0.2, 0) is 16.0 Å². The van der Waals surface area contributed by atoms with Crippen LogP contribution in [0.3, 0.4) is 0 Å². The van der Waals surface area contributed by atoms with Crippen molar-refractivity contribution >= 4 is 17.4 Å². The summed E-state index contributed by atoms with van der Waals surface area (Å²) in [6, 6.07) is 23.7. The van der Waals surface area contributed by atoms with Crippen LogP contribution in [0.2, 0.25) is 0 Å². The van der Waals surface area contributed by atoms with Crippen LogP contribution in [0, 0.1) is 6.92 Å². The van der Waals surface area contributed by atoms with E-state index in [9.17, 15) is 14.7 Å². The summed E-state index contributed by atoms with van der Waals surface area (Å²) in [6.45, 7) is 4.76. The molecule has 4 rings (SSSR count). The molecule has 168 valence electrons. The normalized spacial score (nSPS) is 17.4. The molecule has 3 aromatic rings. The molecule has 5 nitrogen and oxygen atoms in total. The molecule has 1 unspecified atom stereocenters. The van der Waals surface area contributed by atoms with E-state index >= 15 is 0 Å². The highest BCUT2D eigenvalue weighted by molar-refractivity contribution is 6.46. The average Bonchev–Trinajstić information content (AvgIpc) is 3.09. The summed E-state index contributed by atoms with van der Waals surface area (Å²) in [5.74, 6) is -0.714. The smallest absolute Gasteiger partial charge is 0.295 e. The molecule has 0 aliphatic carbocycles. The van der Waals surface area contributed by atoms with Gasteiger partial charge in [-0.1, -0.05) is 72.3 Å². The molecule has 0 aromatic heterocycles. The van der Waals surface area contributed by atoms with Crippen molar-refractivity contribution in [2.75, 3.05) is 13.2 Å². The minimum absolute atomic E-state index is 0.112. The summed E-state index contributed by atoms with van der Waals surface area (Å²) < 4.78 is 5.54. The van der Waals surface area contributed by atoms with E-state index in [-0.39, 0.29) is 11.3 Å². The van der Waals surface area contributed by atoms with Gasteiger partial charge in [-0.2, -0.15) is 0 Å². The number of nitrogens with zero attached hydrogens (tertiary/aromatic N) is 1. The Bertz CT molecular complexity index is 1160. The molecule has 1 amide bonds. The van der Waals surface area contributed by atoms with Crippen LogP contribution in [0.25, 0.3) is 5.76 Å². The first kappa shape index (κ1) is 22.3. The summed E-state index contributed by atoms with van der Waals surface area (Å²) in [5, 5.41) is 11.1. The molecule has 0 saturated carbocycles. The molecular formula is C28H27NO4. The largest absolute Gasteiger partial charge is 0.507 e. The molecule has 1 N–H and O–H groups in total. The lowest BCUT2D eigenvalue weighted by Crippen LogP contribution is -2.31. The van der Waals surface area contributed by atoms with Gasteiger partial charge in [-0.3, -0.25) is 9.59 Å². The molecule has 1 fully saturated rings. The third-order valence-corrected chi connectivity index (χ3v) is 5.86. The van der Waals surface area contributed by atoms with Crippen LogP contribution in [0.4, 0.5) is 0 Å². The first-order valence-corrected chi connectivity index (χ1v) is 11.1. The maximum atomic E-state index is 13.1. The highest BCUT2D eigenvalue weighted by Gasteiger charge is 2.45. The predicted octanol–water partition coefficient (Wildman–Crippen LogP) is 5.06. The second-order valence-corrected chi connectivity index (χ2v) is 8.10. The fourth-order valence-corrected chi connectivity index (χ4v) is 4.13. The molecule has 1 heterocycles. The van der Waals surface area contributed by atoms with Gasteiger partial charge >= 0.3 is 0 Å². The highest BCUT2D eigenvalue weighted by atomic mass is 16.5. The van der Waals surface area contributed by atoms with E-state index in [1.54, 1.807) is 17.0 Å². The number of aliphatic hydroxyl groups excluding tert-OH is 1. The maximum absolute atomic E-state index is 13.1. The van der Waals surface area contributed by atoms with Crippen LogP contribution in [0.15, 0.2) is 84.4 Å². The van der Waals surface area contributed by atoms with E-state index in [0.717, 1.165) is 16.7 Å². The fraction of sp³-hybridized carbons (Fsp3) is 0.214.